The van der Waals surface area contributed by atoms with Gasteiger partial charge in [0.05, 0.1) is 12.7 Å². The van der Waals surface area contributed by atoms with Crippen LogP contribution in [0.4, 0.5) is 0 Å². The van der Waals surface area contributed by atoms with Crippen LogP contribution >= 0.6 is 0 Å². The molecule has 2 heterocycles. The van der Waals surface area contributed by atoms with E-state index in [1.54, 1.807) is 0 Å². The maximum atomic E-state index is 4.43. The van der Waals surface area contributed by atoms with Crippen LogP contribution in [0.5, 0.6) is 0 Å². The van der Waals surface area contributed by atoms with Crippen molar-refractivity contribution in [2.75, 3.05) is 0 Å². The molecule has 0 saturated heterocycles. The summed E-state index contributed by atoms with van der Waals surface area (Å²) in [6, 6.07) is 12.7. The van der Waals surface area contributed by atoms with Crippen LogP contribution in [0.2, 0.25) is 0 Å². The van der Waals surface area contributed by atoms with Gasteiger partial charge in [-0.15, -0.1) is 0 Å². The minimum absolute atomic E-state index is 0.773. The third-order valence-corrected chi connectivity index (χ3v) is 3.42. The molecule has 2 aromatic heterocycles. The summed E-state index contributed by atoms with van der Waals surface area (Å²) in [7, 11) is 0. The molecule has 0 radical (unpaired) electrons. The van der Waals surface area contributed by atoms with Crippen LogP contribution in [0.1, 0.15) is 18.1 Å². The zero-order valence-electron chi connectivity index (χ0n) is 11.5. The first-order chi connectivity index (χ1) is 9.85. The van der Waals surface area contributed by atoms with Gasteiger partial charge in [-0.25, -0.2) is 0 Å². The van der Waals surface area contributed by atoms with Crippen molar-refractivity contribution in [2.24, 2.45) is 0 Å². The lowest BCUT2D eigenvalue weighted by Crippen LogP contribution is -1.99. The highest BCUT2D eigenvalue weighted by Crippen LogP contribution is 2.19. The Balaban J connectivity index is 1.79. The molecule has 3 aromatic rings. The fourth-order valence-electron chi connectivity index (χ4n) is 2.21. The highest BCUT2D eigenvalue weighted by atomic mass is 15.3. The van der Waals surface area contributed by atoms with Crippen molar-refractivity contribution in [3.8, 4) is 11.1 Å². The number of aryl methyl sites for hydroxylation is 1. The van der Waals surface area contributed by atoms with Crippen molar-refractivity contribution in [3.05, 3.63) is 72.3 Å². The summed E-state index contributed by atoms with van der Waals surface area (Å²) in [5.74, 6) is 0. The van der Waals surface area contributed by atoms with E-state index in [4.69, 9.17) is 0 Å². The minimum atomic E-state index is 0.773. The third-order valence-electron chi connectivity index (χ3n) is 3.42. The van der Waals surface area contributed by atoms with E-state index in [-0.39, 0.29) is 0 Å². The Bertz CT molecular complexity index is 669. The molecule has 0 aliphatic rings. The van der Waals surface area contributed by atoms with E-state index in [2.05, 4.69) is 47.5 Å². The van der Waals surface area contributed by atoms with E-state index in [1.807, 2.05) is 35.4 Å². The van der Waals surface area contributed by atoms with Gasteiger partial charge in [0.15, 0.2) is 0 Å². The van der Waals surface area contributed by atoms with Crippen LogP contribution < -0.4 is 0 Å². The van der Waals surface area contributed by atoms with E-state index in [0.29, 0.717) is 0 Å². The molecular weight excluding hydrogens is 246 g/mol. The average Bonchev–Trinajstić information content (AvgIpc) is 2.97. The molecule has 0 spiro atoms. The first-order valence-corrected chi connectivity index (χ1v) is 6.86. The molecule has 0 saturated carbocycles. The number of aromatic nitrogens is 3. The molecular formula is C17H17N3. The van der Waals surface area contributed by atoms with Gasteiger partial charge in [-0.3, -0.25) is 9.67 Å². The monoisotopic (exact) mass is 263 g/mol. The molecule has 3 rings (SSSR count). The summed E-state index contributed by atoms with van der Waals surface area (Å²) in [6.07, 6.45) is 8.69. The number of nitrogens with zero attached hydrogens (tertiary/aromatic N) is 3. The number of hydrogen-bond acceptors (Lipinski definition) is 2. The summed E-state index contributed by atoms with van der Waals surface area (Å²) in [5, 5.41) is 4.43. The lowest BCUT2D eigenvalue weighted by atomic mass is 10.1. The fourth-order valence-corrected chi connectivity index (χ4v) is 2.21. The summed E-state index contributed by atoms with van der Waals surface area (Å²) in [4.78, 5) is 4.03. The van der Waals surface area contributed by atoms with Gasteiger partial charge in [-0.05, 0) is 35.2 Å². The molecule has 0 amide bonds. The lowest BCUT2D eigenvalue weighted by Gasteiger charge is -2.01. The highest BCUT2D eigenvalue weighted by Gasteiger charge is 2.02. The van der Waals surface area contributed by atoms with E-state index in [1.165, 1.54) is 16.7 Å². The van der Waals surface area contributed by atoms with E-state index in [0.717, 1.165) is 18.5 Å². The smallest absolute Gasteiger partial charge is 0.0660 e. The first-order valence-electron chi connectivity index (χ1n) is 6.86. The minimum Gasteiger partial charge on any atom is -0.268 e. The maximum absolute atomic E-state index is 4.43. The molecule has 3 heteroatoms. The zero-order chi connectivity index (χ0) is 13.8. The quantitative estimate of drug-likeness (QED) is 0.720. The van der Waals surface area contributed by atoms with Crippen LogP contribution in [-0.2, 0) is 13.0 Å². The predicted octanol–water partition coefficient (Wildman–Crippen LogP) is 3.56. The summed E-state index contributed by atoms with van der Waals surface area (Å²) in [5.41, 5.74) is 4.93. The standard InChI is InChI=1S/C17H17N3/c1-2-14-3-5-16(6-4-14)17-11-19-20(13-17)12-15-7-9-18-10-8-15/h3-11,13H,2,12H2,1H3. The summed E-state index contributed by atoms with van der Waals surface area (Å²) in [6.45, 7) is 2.94. The van der Waals surface area contributed by atoms with Crippen molar-refractivity contribution in [2.45, 2.75) is 19.9 Å². The van der Waals surface area contributed by atoms with Gasteiger partial charge < -0.3 is 0 Å². The fraction of sp³-hybridized carbons (Fsp3) is 0.176. The van der Waals surface area contributed by atoms with Gasteiger partial charge in [0.2, 0.25) is 0 Å². The largest absolute Gasteiger partial charge is 0.268 e. The Morgan fingerprint density at radius 2 is 1.65 bits per heavy atom. The number of rotatable bonds is 4. The third kappa shape index (κ3) is 2.77. The second kappa shape index (κ2) is 5.70. The van der Waals surface area contributed by atoms with E-state index < -0.39 is 0 Å². The average molecular weight is 263 g/mol. The Morgan fingerprint density at radius 1 is 0.900 bits per heavy atom. The Hall–Kier alpha value is -2.42. The van der Waals surface area contributed by atoms with Crippen molar-refractivity contribution < 1.29 is 0 Å². The molecule has 0 aliphatic carbocycles. The Labute approximate surface area is 118 Å². The van der Waals surface area contributed by atoms with E-state index in [9.17, 15) is 0 Å². The normalized spacial score (nSPS) is 10.7. The molecule has 0 unspecified atom stereocenters. The van der Waals surface area contributed by atoms with Crippen LogP contribution in [0.25, 0.3) is 11.1 Å². The van der Waals surface area contributed by atoms with Gasteiger partial charge in [0.25, 0.3) is 0 Å². The van der Waals surface area contributed by atoms with Gasteiger partial charge in [0, 0.05) is 24.2 Å². The first kappa shape index (κ1) is 12.6. The molecule has 0 fully saturated rings. The van der Waals surface area contributed by atoms with Gasteiger partial charge in [0.1, 0.15) is 0 Å². The molecule has 0 bridgehead atoms. The molecule has 100 valence electrons. The van der Waals surface area contributed by atoms with Gasteiger partial charge >= 0.3 is 0 Å². The molecule has 0 aliphatic heterocycles. The Morgan fingerprint density at radius 3 is 2.35 bits per heavy atom. The number of hydrogen-bond donors (Lipinski definition) is 0. The van der Waals surface area contributed by atoms with Crippen LogP contribution in [0.15, 0.2) is 61.2 Å². The number of benzene rings is 1. The lowest BCUT2D eigenvalue weighted by molar-refractivity contribution is 0.686. The highest BCUT2D eigenvalue weighted by molar-refractivity contribution is 5.61. The maximum Gasteiger partial charge on any atom is 0.0660 e. The van der Waals surface area contributed by atoms with Crippen molar-refractivity contribution in [1.82, 2.24) is 14.8 Å². The summed E-state index contributed by atoms with van der Waals surface area (Å²) < 4.78 is 1.96. The Kier molecular flexibility index (Phi) is 3.59. The molecule has 0 atom stereocenters. The molecule has 0 N–H and O–H groups in total. The van der Waals surface area contributed by atoms with Gasteiger partial charge in [-0.2, -0.15) is 5.10 Å². The van der Waals surface area contributed by atoms with Crippen molar-refractivity contribution in [3.63, 3.8) is 0 Å². The van der Waals surface area contributed by atoms with Crippen molar-refractivity contribution in [1.29, 1.82) is 0 Å². The molecule has 20 heavy (non-hydrogen) atoms. The second-order valence-corrected chi connectivity index (χ2v) is 4.83. The van der Waals surface area contributed by atoms with E-state index >= 15 is 0 Å². The van der Waals surface area contributed by atoms with Crippen LogP contribution in [-0.4, -0.2) is 14.8 Å². The van der Waals surface area contributed by atoms with Crippen LogP contribution in [0.3, 0.4) is 0 Å². The molecule has 3 nitrogen and oxygen atoms in total. The second-order valence-electron chi connectivity index (χ2n) is 4.83. The number of pyridine rings is 1. The zero-order valence-corrected chi connectivity index (χ0v) is 11.5. The van der Waals surface area contributed by atoms with Crippen LogP contribution in [0, 0.1) is 0 Å². The predicted molar refractivity (Wildman–Crippen MR) is 80.4 cm³/mol. The molecule has 1 aromatic carbocycles. The SMILES string of the molecule is CCc1ccc(-c2cnn(Cc3ccncc3)c2)cc1. The van der Waals surface area contributed by atoms with Crippen molar-refractivity contribution >= 4 is 0 Å². The van der Waals surface area contributed by atoms with Gasteiger partial charge in [-0.1, -0.05) is 31.2 Å². The topological polar surface area (TPSA) is 30.7 Å². The summed E-state index contributed by atoms with van der Waals surface area (Å²) >= 11 is 0.